The number of nitriles is 1. The maximum absolute atomic E-state index is 12.9. The van der Waals surface area contributed by atoms with Crippen molar-refractivity contribution < 1.29 is 4.79 Å². The van der Waals surface area contributed by atoms with Gasteiger partial charge in [-0.15, -0.1) is 10.2 Å². The van der Waals surface area contributed by atoms with Crippen LogP contribution in [-0.4, -0.2) is 30.9 Å². The van der Waals surface area contributed by atoms with Crippen LogP contribution >= 0.6 is 23.4 Å². The van der Waals surface area contributed by atoms with Crippen molar-refractivity contribution in [1.29, 1.82) is 5.26 Å². The molecular weight excluding hydrogens is 456 g/mol. The highest BCUT2D eigenvalue weighted by Crippen LogP contribution is 2.31. The summed E-state index contributed by atoms with van der Waals surface area (Å²) in [5.74, 6) is 0.450. The summed E-state index contributed by atoms with van der Waals surface area (Å²) in [6.45, 7) is 3.82. The number of amides is 1. The molecule has 0 spiro atoms. The predicted octanol–water partition coefficient (Wildman–Crippen LogP) is 5.28. The summed E-state index contributed by atoms with van der Waals surface area (Å²) in [6, 6.07) is 18.5. The van der Waals surface area contributed by atoms with Crippen LogP contribution in [0.4, 0.5) is 5.69 Å². The Labute approximate surface area is 200 Å². The number of nitrogens with zero attached hydrogens (tertiary/aromatic N) is 5. The number of para-hydroxylation sites is 1. The Morgan fingerprint density at radius 3 is 2.61 bits per heavy atom. The molecule has 0 aliphatic heterocycles. The standard InChI is InChI=1S/C24H19ClN6OS/c1-15-5-3-4-6-21(15)31-22(17-9-11-27-12-10-17)29-30-24(31)33-16(2)23(32)28-19-8-7-18(14-26)20(25)13-19/h3-13,16H,1-2H3,(H,28,32). The molecule has 0 saturated heterocycles. The third-order valence-electron chi connectivity index (χ3n) is 4.94. The zero-order valence-electron chi connectivity index (χ0n) is 17.9. The van der Waals surface area contributed by atoms with Gasteiger partial charge in [0.25, 0.3) is 0 Å². The van der Waals surface area contributed by atoms with Crippen LogP contribution in [0, 0.1) is 18.3 Å². The average molecular weight is 475 g/mol. The van der Waals surface area contributed by atoms with Gasteiger partial charge in [-0.05, 0) is 55.8 Å². The summed E-state index contributed by atoms with van der Waals surface area (Å²) in [5.41, 5.74) is 3.74. The number of thioether (sulfide) groups is 1. The van der Waals surface area contributed by atoms with Crippen LogP contribution in [0.3, 0.4) is 0 Å². The lowest BCUT2D eigenvalue weighted by atomic mass is 10.2. The van der Waals surface area contributed by atoms with E-state index in [1.807, 2.05) is 54.0 Å². The smallest absolute Gasteiger partial charge is 0.237 e. The van der Waals surface area contributed by atoms with Crippen LogP contribution in [0.2, 0.25) is 5.02 Å². The number of rotatable bonds is 6. The van der Waals surface area contributed by atoms with Gasteiger partial charge in [0, 0.05) is 23.6 Å². The largest absolute Gasteiger partial charge is 0.325 e. The molecule has 1 N–H and O–H groups in total. The molecule has 0 saturated carbocycles. The molecule has 0 aliphatic rings. The van der Waals surface area contributed by atoms with Crippen molar-refractivity contribution in [2.45, 2.75) is 24.3 Å². The third-order valence-corrected chi connectivity index (χ3v) is 6.29. The van der Waals surface area contributed by atoms with Crippen molar-refractivity contribution in [2.24, 2.45) is 0 Å². The first kappa shape index (κ1) is 22.5. The molecule has 1 atom stereocenters. The fourth-order valence-corrected chi connectivity index (χ4v) is 4.29. The molecule has 33 heavy (non-hydrogen) atoms. The van der Waals surface area contributed by atoms with Gasteiger partial charge >= 0.3 is 0 Å². The maximum Gasteiger partial charge on any atom is 0.237 e. The second kappa shape index (κ2) is 9.86. The van der Waals surface area contributed by atoms with Crippen LogP contribution in [-0.2, 0) is 4.79 Å². The Bertz CT molecular complexity index is 1350. The fourth-order valence-electron chi connectivity index (χ4n) is 3.20. The number of carbonyl (C=O) groups excluding carboxylic acids is 1. The summed E-state index contributed by atoms with van der Waals surface area (Å²) in [7, 11) is 0. The topological polar surface area (TPSA) is 96.5 Å². The number of anilines is 1. The molecule has 2 aromatic carbocycles. The zero-order chi connectivity index (χ0) is 23.4. The summed E-state index contributed by atoms with van der Waals surface area (Å²) >= 11 is 7.39. The molecule has 0 fully saturated rings. The summed E-state index contributed by atoms with van der Waals surface area (Å²) in [4.78, 5) is 17.0. The van der Waals surface area contributed by atoms with Crippen LogP contribution in [0.5, 0.6) is 0 Å². The Balaban J connectivity index is 1.63. The highest BCUT2D eigenvalue weighted by Gasteiger charge is 2.23. The molecule has 1 amide bonds. The van der Waals surface area contributed by atoms with Crippen LogP contribution in [0.1, 0.15) is 18.1 Å². The molecule has 4 rings (SSSR count). The normalized spacial score (nSPS) is 11.6. The minimum atomic E-state index is -0.475. The highest BCUT2D eigenvalue weighted by molar-refractivity contribution is 8.00. The van der Waals surface area contributed by atoms with Crippen LogP contribution in [0.15, 0.2) is 72.1 Å². The van der Waals surface area contributed by atoms with E-state index in [1.54, 1.807) is 37.5 Å². The van der Waals surface area contributed by atoms with Gasteiger partial charge in [0.05, 0.1) is 21.5 Å². The van der Waals surface area contributed by atoms with Crippen molar-refractivity contribution in [3.05, 3.63) is 83.1 Å². The van der Waals surface area contributed by atoms with E-state index in [1.165, 1.54) is 11.8 Å². The van der Waals surface area contributed by atoms with E-state index in [-0.39, 0.29) is 10.9 Å². The monoisotopic (exact) mass is 474 g/mol. The van der Waals surface area contributed by atoms with E-state index in [2.05, 4.69) is 20.5 Å². The quantitative estimate of drug-likeness (QED) is 0.382. The predicted molar refractivity (Wildman–Crippen MR) is 129 cm³/mol. The van der Waals surface area contributed by atoms with E-state index in [4.69, 9.17) is 16.9 Å². The lowest BCUT2D eigenvalue weighted by Gasteiger charge is -2.15. The molecule has 2 heterocycles. The summed E-state index contributed by atoms with van der Waals surface area (Å²) in [6.07, 6.45) is 3.41. The minimum absolute atomic E-state index is 0.217. The Morgan fingerprint density at radius 1 is 1.15 bits per heavy atom. The van der Waals surface area contributed by atoms with E-state index >= 15 is 0 Å². The van der Waals surface area contributed by atoms with Crippen LogP contribution < -0.4 is 5.32 Å². The van der Waals surface area contributed by atoms with Crippen molar-refractivity contribution in [2.75, 3.05) is 5.32 Å². The Hall–Kier alpha value is -3.67. The lowest BCUT2D eigenvalue weighted by molar-refractivity contribution is -0.115. The SMILES string of the molecule is Cc1ccccc1-n1c(SC(C)C(=O)Nc2ccc(C#N)c(Cl)c2)nnc1-c1ccncc1. The molecule has 7 nitrogen and oxygen atoms in total. The number of aryl methyl sites for hydroxylation is 1. The number of pyridine rings is 1. The van der Waals surface area contributed by atoms with Crippen molar-refractivity contribution in [1.82, 2.24) is 19.7 Å². The minimum Gasteiger partial charge on any atom is -0.325 e. The molecule has 4 aromatic rings. The zero-order valence-corrected chi connectivity index (χ0v) is 19.4. The molecule has 164 valence electrons. The molecule has 9 heteroatoms. The molecule has 2 aromatic heterocycles. The summed E-state index contributed by atoms with van der Waals surface area (Å²) < 4.78 is 1.96. The van der Waals surface area contributed by atoms with E-state index in [0.717, 1.165) is 16.8 Å². The lowest BCUT2D eigenvalue weighted by Crippen LogP contribution is -2.23. The van der Waals surface area contributed by atoms with Gasteiger partial charge in [0.2, 0.25) is 5.91 Å². The first-order valence-corrected chi connectivity index (χ1v) is 11.3. The summed E-state index contributed by atoms with van der Waals surface area (Å²) in [5, 5.41) is 21.1. The van der Waals surface area contributed by atoms with Gasteiger partial charge in [0.15, 0.2) is 11.0 Å². The van der Waals surface area contributed by atoms with E-state index < -0.39 is 5.25 Å². The molecule has 1 unspecified atom stereocenters. The van der Waals surface area contributed by atoms with Crippen molar-refractivity contribution in [3.63, 3.8) is 0 Å². The molecular formula is C24H19ClN6OS. The van der Waals surface area contributed by atoms with Gasteiger partial charge in [-0.2, -0.15) is 5.26 Å². The first-order chi connectivity index (χ1) is 16.0. The molecule has 0 aliphatic carbocycles. The van der Waals surface area contributed by atoms with Gasteiger partial charge in [0.1, 0.15) is 6.07 Å². The highest BCUT2D eigenvalue weighted by atomic mass is 35.5. The van der Waals surface area contributed by atoms with E-state index in [9.17, 15) is 4.79 Å². The fraction of sp³-hybridized carbons (Fsp3) is 0.125. The molecule has 0 radical (unpaired) electrons. The second-order valence-corrected chi connectivity index (χ2v) is 8.93. The van der Waals surface area contributed by atoms with Gasteiger partial charge < -0.3 is 5.32 Å². The number of aromatic nitrogens is 4. The van der Waals surface area contributed by atoms with Crippen molar-refractivity contribution >= 4 is 35.0 Å². The number of hydrogen-bond donors (Lipinski definition) is 1. The van der Waals surface area contributed by atoms with Gasteiger partial charge in [-0.1, -0.05) is 41.6 Å². The van der Waals surface area contributed by atoms with Gasteiger partial charge in [-0.3, -0.25) is 14.3 Å². The molecule has 0 bridgehead atoms. The Morgan fingerprint density at radius 2 is 1.91 bits per heavy atom. The number of halogens is 1. The van der Waals surface area contributed by atoms with Gasteiger partial charge in [-0.25, -0.2) is 0 Å². The first-order valence-electron chi connectivity index (χ1n) is 10.1. The number of carbonyl (C=O) groups is 1. The number of hydrogen-bond acceptors (Lipinski definition) is 6. The van der Waals surface area contributed by atoms with Crippen LogP contribution in [0.25, 0.3) is 17.1 Å². The van der Waals surface area contributed by atoms with Crippen molar-refractivity contribution in [3.8, 4) is 23.1 Å². The maximum atomic E-state index is 12.9. The Kier molecular flexibility index (Phi) is 6.73. The number of nitrogens with one attached hydrogen (secondary N) is 1. The average Bonchev–Trinajstić information content (AvgIpc) is 3.23. The van der Waals surface area contributed by atoms with E-state index in [0.29, 0.717) is 22.2 Å². The third kappa shape index (κ3) is 4.90. The second-order valence-electron chi connectivity index (χ2n) is 7.22. The number of benzene rings is 2.